The van der Waals surface area contributed by atoms with Gasteiger partial charge in [-0.1, -0.05) is 0 Å². The van der Waals surface area contributed by atoms with Gasteiger partial charge in [0.15, 0.2) is 17.4 Å². The summed E-state index contributed by atoms with van der Waals surface area (Å²) in [4.78, 5) is 24.4. The van der Waals surface area contributed by atoms with E-state index in [1.54, 1.807) is 14.2 Å². The maximum Gasteiger partial charge on any atom is 0.246 e. The second-order valence-corrected chi connectivity index (χ2v) is 16.2. The highest BCUT2D eigenvalue weighted by atomic mass is 16.6. The normalized spacial score (nSPS) is 11.6. The van der Waals surface area contributed by atoms with Crippen molar-refractivity contribution < 1.29 is 114 Å². The quantitative estimate of drug-likeness (QED) is 0.0766. The number of hydrogen-bond donors (Lipinski definition) is 1. The minimum Gasteiger partial charge on any atom is -0.382 e. The average molecular weight is 1160 g/mol. The minimum atomic E-state index is -0.357. The molecule has 0 bridgehead atoms. The summed E-state index contributed by atoms with van der Waals surface area (Å²) >= 11 is 0. The molecule has 1 heterocycles. The van der Waals surface area contributed by atoms with Crippen molar-refractivity contribution in [3.05, 3.63) is 11.6 Å². The Morgan fingerprint density at radius 1 is 0.275 bits per heavy atom. The summed E-state index contributed by atoms with van der Waals surface area (Å²) in [6.07, 6.45) is 0.417. The van der Waals surface area contributed by atoms with Crippen molar-refractivity contribution in [2.45, 2.75) is 19.4 Å². The van der Waals surface area contributed by atoms with Crippen molar-refractivity contribution in [3.63, 3.8) is 0 Å². The van der Waals surface area contributed by atoms with Gasteiger partial charge < -0.3 is 110 Å². The predicted molar refractivity (Wildman–Crippen MR) is 283 cm³/mol. The van der Waals surface area contributed by atoms with E-state index in [1.165, 1.54) is 0 Å². The lowest BCUT2D eigenvalue weighted by atomic mass is 10.2. The number of carbonyl (C=O) groups is 2. The number of Topliss-reactive ketones (excluding diaryl/α,β-unsaturated/α-hetero) is 1. The van der Waals surface area contributed by atoms with E-state index < -0.39 is 0 Å². The maximum atomic E-state index is 12.2. The molecule has 1 rings (SSSR count). The Bertz CT molecular complexity index is 1310. The van der Waals surface area contributed by atoms with Crippen LogP contribution in [0.2, 0.25) is 0 Å². The van der Waals surface area contributed by atoms with Gasteiger partial charge >= 0.3 is 0 Å². The van der Waals surface area contributed by atoms with Crippen LogP contribution in [0, 0.1) is 0 Å². The molecule has 80 heavy (non-hydrogen) atoms. The highest BCUT2D eigenvalue weighted by Gasteiger charge is 2.09. The molecule has 0 aliphatic carbocycles. The van der Waals surface area contributed by atoms with E-state index in [1.807, 2.05) is 0 Å². The summed E-state index contributed by atoms with van der Waals surface area (Å²) in [6, 6.07) is 0. The lowest BCUT2D eigenvalue weighted by Crippen LogP contribution is -2.29. The SMILES string of the molecule is COCCOCCOCCOCCOCCOCCOCCOCCOCCOCCOCC(=O)CCc1nnc(CNC(=O)COCCOCCOCCOCCOCCOCCOCCOCCOCCOCCOC)nn1. The number of aromatic nitrogens is 4. The molecule has 470 valence electrons. The molecule has 29 heteroatoms. The average Bonchev–Trinajstić information content (AvgIpc) is 3.47. The molecule has 0 aliphatic rings. The van der Waals surface area contributed by atoms with E-state index in [-0.39, 0.29) is 63.3 Å². The zero-order valence-electron chi connectivity index (χ0n) is 47.9. The Labute approximate surface area is 472 Å². The van der Waals surface area contributed by atoms with E-state index in [9.17, 15) is 9.59 Å². The summed E-state index contributed by atoms with van der Waals surface area (Å²) in [5.41, 5.74) is 0. The first kappa shape index (κ1) is 75.2. The summed E-state index contributed by atoms with van der Waals surface area (Å²) in [7, 11) is 3.27. The summed E-state index contributed by atoms with van der Waals surface area (Å²) in [5.74, 6) is 0.0485. The van der Waals surface area contributed by atoms with Gasteiger partial charge in [0.1, 0.15) is 13.2 Å². The standard InChI is InChI=1S/C51H97N5O24/c1-59-5-7-61-9-11-63-13-15-65-17-19-67-21-23-69-25-27-71-29-31-73-33-35-75-37-39-77-41-43-79-46-48(57)3-4-49-53-55-50(56-54-49)45-52-51(58)47-80-44-42-78-40-38-76-36-34-74-32-30-72-28-26-70-24-22-68-20-18-66-16-14-64-12-10-62-8-6-60-2/h3-47H2,1-2H3,(H,52,58). The van der Waals surface area contributed by atoms with Crippen LogP contribution < -0.4 is 5.32 Å². The molecule has 0 spiro atoms. The molecule has 0 unspecified atom stereocenters. The first-order valence-corrected chi connectivity index (χ1v) is 27.5. The summed E-state index contributed by atoms with van der Waals surface area (Å²) < 4.78 is 119. The number of hydrogen-bond acceptors (Lipinski definition) is 28. The van der Waals surface area contributed by atoms with Crippen molar-refractivity contribution in [2.75, 3.05) is 292 Å². The fraction of sp³-hybridized carbons (Fsp3) is 0.922. The number of nitrogens with zero attached hydrogens (tertiary/aromatic N) is 4. The third-order valence-electron chi connectivity index (χ3n) is 9.69. The van der Waals surface area contributed by atoms with Gasteiger partial charge in [-0.3, -0.25) is 9.59 Å². The number of ether oxygens (including phenoxy) is 22. The van der Waals surface area contributed by atoms with Gasteiger partial charge in [-0.05, 0) is 0 Å². The molecule has 0 fully saturated rings. The van der Waals surface area contributed by atoms with Gasteiger partial charge in [-0.2, -0.15) is 0 Å². The van der Waals surface area contributed by atoms with Gasteiger partial charge in [-0.25, -0.2) is 0 Å². The molecule has 1 aromatic heterocycles. The van der Waals surface area contributed by atoms with E-state index in [0.717, 1.165) is 0 Å². The lowest BCUT2D eigenvalue weighted by molar-refractivity contribution is -0.126. The Kier molecular flexibility index (Phi) is 61.4. The molecule has 0 saturated heterocycles. The van der Waals surface area contributed by atoms with Crippen LogP contribution in [0.4, 0.5) is 0 Å². The van der Waals surface area contributed by atoms with Crippen LogP contribution in [0.25, 0.3) is 0 Å². The number of aryl methyl sites for hydroxylation is 1. The fourth-order valence-corrected chi connectivity index (χ4v) is 5.59. The molecule has 0 radical (unpaired) electrons. The van der Waals surface area contributed by atoms with E-state index >= 15 is 0 Å². The number of amides is 1. The summed E-state index contributed by atoms with van der Waals surface area (Å²) in [6.45, 7) is 18.3. The molecule has 1 aromatic rings. The predicted octanol–water partition coefficient (Wildman–Crippen LogP) is -0.991. The van der Waals surface area contributed by atoms with Crippen LogP contribution >= 0.6 is 0 Å². The first-order valence-electron chi connectivity index (χ1n) is 27.5. The van der Waals surface area contributed by atoms with E-state index in [4.69, 9.17) is 104 Å². The van der Waals surface area contributed by atoms with Gasteiger partial charge in [0.2, 0.25) is 5.91 Å². The van der Waals surface area contributed by atoms with Gasteiger partial charge in [0.25, 0.3) is 0 Å². The van der Waals surface area contributed by atoms with Gasteiger partial charge in [0, 0.05) is 27.1 Å². The molecule has 0 aromatic carbocycles. The van der Waals surface area contributed by atoms with Gasteiger partial charge in [0.05, 0.1) is 271 Å². The van der Waals surface area contributed by atoms with Gasteiger partial charge in [-0.15, -0.1) is 20.4 Å². The zero-order chi connectivity index (χ0) is 57.2. The molecule has 0 aliphatic heterocycles. The first-order chi connectivity index (χ1) is 39.7. The number of methoxy groups -OCH3 is 2. The Morgan fingerprint density at radius 3 is 0.713 bits per heavy atom. The third-order valence-corrected chi connectivity index (χ3v) is 9.69. The highest BCUT2D eigenvalue weighted by molar-refractivity contribution is 5.79. The number of rotatable bonds is 69. The molecule has 29 nitrogen and oxygen atoms in total. The van der Waals surface area contributed by atoms with Crippen LogP contribution in [-0.4, -0.2) is 324 Å². The third kappa shape index (κ3) is 59.8. The summed E-state index contributed by atoms with van der Waals surface area (Å²) in [5, 5.41) is 18.6. The van der Waals surface area contributed by atoms with Crippen LogP contribution in [-0.2, 0) is 127 Å². The number of nitrogens with one attached hydrogen (secondary N) is 1. The number of carbonyl (C=O) groups excluding carboxylic acids is 2. The molecule has 1 N–H and O–H groups in total. The zero-order valence-corrected chi connectivity index (χ0v) is 47.9. The Balaban J connectivity index is 1.76. The fourth-order valence-electron chi connectivity index (χ4n) is 5.59. The lowest BCUT2D eigenvalue weighted by Gasteiger charge is -2.09. The van der Waals surface area contributed by atoms with Crippen LogP contribution in [0.3, 0.4) is 0 Å². The largest absolute Gasteiger partial charge is 0.382 e. The van der Waals surface area contributed by atoms with Crippen LogP contribution in [0.1, 0.15) is 18.1 Å². The van der Waals surface area contributed by atoms with Crippen molar-refractivity contribution >= 4 is 11.7 Å². The maximum absolute atomic E-state index is 12.2. The van der Waals surface area contributed by atoms with Crippen molar-refractivity contribution in [3.8, 4) is 0 Å². The van der Waals surface area contributed by atoms with Crippen LogP contribution in [0.15, 0.2) is 0 Å². The highest BCUT2D eigenvalue weighted by Crippen LogP contribution is 1.97. The van der Waals surface area contributed by atoms with Crippen molar-refractivity contribution in [1.29, 1.82) is 0 Å². The van der Waals surface area contributed by atoms with E-state index in [2.05, 4.69) is 25.7 Å². The molecule has 0 saturated carbocycles. The van der Waals surface area contributed by atoms with Crippen LogP contribution in [0.5, 0.6) is 0 Å². The van der Waals surface area contributed by atoms with Crippen molar-refractivity contribution in [2.24, 2.45) is 0 Å². The Morgan fingerprint density at radius 2 is 0.475 bits per heavy atom. The Hall–Kier alpha value is -2.80. The molecule has 1 amide bonds. The second kappa shape index (κ2) is 65.4. The topological polar surface area (TPSA) is 301 Å². The molecular weight excluding hydrogens is 1070 g/mol. The smallest absolute Gasteiger partial charge is 0.246 e. The minimum absolute atomic E-state index is 0.0232. The molecule has 0 atom stereocenters. The van der Waals surface area contributed by atoms with E-state index in [0.29, 0.717) is 257 Å². The van der Waals surface area contributed by atoms with Crippen molar-refractivity contribution in [1.82, 2.24) is 25.7 Å². The number of ketones is 1. The second-order valence-electron chi connectivity index (χ2n) is 16.2. The molecular formula is C51H97N5O24. The monoisotopic (exact) mass is 1160 g/mol.